The van der Waals surface area contributed by atoms with Crippen molar-refractivity contribution in [3.63, 3.8) is 0 Å². The van der Waals surface area contributed by atoms with Crippen LogP contribution in [0.15, 0.2) is 47.5 Å². The molecular weight excluding hydrogens is 438 g/mol. The van der Waals surface area contributed by atoms with Gasteiger partial charge in [0.2, 0.25) is 10.0 Å². The highest BCUT2D eigenvalue weighted by Crippen LogP contribution is 2.40. The third kappa shape index (κ3) is 5.92. The van der Waals surface area contributed by atoms with E-state index in [4.69, 9.17) is 4.74 Å². The Morgan fingerprint density at radius 2 is 1.91 bits per heavy atom. The second kappa shape index (κ2) is 10.2. The molecule has 1 saturated heterocycles. The number of amides is 1. The number of hydrogen-bond donors (Lipinski definition) is 0. The van der Waals surface area contributed by atoms with Crippen LogP contribution in [0.4, 0.5) is 10.6 Å². The maximum atomic E-state index is 13.5. The number of rotatable bonds is 7. The molecule has 1 aliphatic heterocycles. The number of carbonyl (C=O) groups is 1. The Bertz CT molecular complexity index is 1060. The molecule has 2 aromatic rings. The molecule has 1 aliphatic rings. The number of sulfonamides is 1. The van der Waals surface area contributed by atoms with Gasteiger partial charge in [-0.3, -0.25) is 4.90 Å². The van der Waals surface area contributed by atoms with Crippen LogP contribution in [0.25, 0.3) is 0 Å². The molecule has 0 spiro atoms. The molecule has 1 aromatic carbocycles. The minimum atomic E-state index is -3.69. The summed E-state index contributed by atoms with van der Waals surface area (Å²) in [6, 6.07) is 10.2. The molecule has 1 amide bonds. The summed E-state index contributed by atoms with van der Waals surface area (Å²) in [5, 5.41) is 0. The molecule has 0 bridgehead atoms. The summed E-state index contributed by atoms with van der Waals surface area (Å²) >= 11 is 0. The van der Waals surface area contributed by atoms with Crippen LogP contribution in [0.5, 0.6) is 0 Å². The Balaban J connectivity index is 2.00. The van der Waals surface area contributed by atoms with E-state index in [0.29, 0.717) is 25.3 Å². The molecule has 0 unspecified atom stereocenters. The topological polar surface area (TPSA) is 79.8 Å². The highest BCUT2D eigenvalue weighted by Gasteiger charge is 2.39. The van der Waals surface area contributed by atoms with Crippen molar-refractivity contribution in [1.82, 2.24) is 9.29 Å². The van der Waals surface area contributed by atoms with Gasteiger partial charge in [0.1, 0.15) is 11.4 Å². The molecule has 1 atom stereocenters. The van der Waals surface area contributed by atoms with Crippen LogP contribution in [-0.4, -0.2) is 42.5 Å². The van der Waals surface area contributed by atoms with Gasteiger partial charge < -0.3 is 4.74 Å². The minimum Gasteiger partial charge on any atom is -0.443 e. The van der Waals surface area contributed by atoms with Crippen LogP contribution >= 0.6 is 0 Å². The second-order valence-corrected chi connectivity index (χ2v) is 11.4. The fourth-order valence-electron chi connectivity index (χ4n) is 4.00. The smallest absolute Gasteiger partial charge is 0.416 e. The number of anilines is 1. The van der Waals surface area contributed by atoms with E-state index < -0.39 is 27.8 Å². The van der Waals surface area contributed by atoms with Crippen LogP contribution in [0.3, 0.4) is 0 Å². The first-order chi connectivity index (χ1) is 15.5. The SMILES string of the molecule is CCCCN(C(=O)OC(C)(C)C)c1ncccc1[C@H]1CCCN1S(=O)(=O)c1ccc(C)cc1. The Kier molecular flexibility index (Phi) is 7.80. The Labute approximate surface area is 197 Å². The Hall–Kier alpha value is -2.45. The number of benzene rings is 1. The standard InChI is InChI=1S/C25H35N3O4S/c1-6-7-17-27(24(29)32-25(3,4)5)23-21(10-8-16-26-23)22-11-9-18-28(22)33(30,31)20-14-12-19(2)13-15-20/h8,10,12-16,22H,6-7,9,11,17-18H2,1-5H3/t22-/m1/s1. The zero-order valence-electron chi connectivity index (χ0n) is 20.2. The molecule has 0 radical (unpaired) electrons. The monoisotopic (exact) mass is 473 g/mol. The van der Waals surface area contributed by atoms with Gasteiger partial charge in [0.25, 0.3) is 0 Å². The van der Waals surface area contributed by atoms with Crippen molar-refractivity contribution in [3.05, 3.63) is 53.7 Å². The average molecular weight is 474 g/mol. The fraction of sp³-hybridized carbons (Fsp3) is 0.520. The highest BCUT2D eigenvalue weighted by atomic mass is 32.2. The predicted octanol–water partition coefficient (Wildman–Crippen LogP) is 5.46. The number of hydrogen-bond acceptors (Lipinski definition) is 5. The van der Waals surface area contributed by atoms with E-state index in [1.807, 2.05) is 45.9 Å². The summed E-state index contributed by atoms with van der Waals surface area (Å²) < 4.78 is 34.2. The minimum absolute atomic E-state index is 0.278. The van der Waals surface area contributed by atoms with Crippen LogP contribution in [-0.2, 0) is 14.8 Å². The van der Waals surface area contributed by atoms with Gasteiger partial charge in [0, 0.05) is 24.8 Å². The molecule has 3 rings (SSSR count). The maximum Gasteiger partial charge on any atom is 0.416 e. The van der Waals surface area contributed by atoms with E-state index in [1.165, 1.54) is 0 Å². The summed E-state index contributed by atoms with van der Waals surface area (Å²) in [6.45, 7) is 10.3. The molecule has 1 fully saturated rings. The van der Waals surface area contributed by atoms with E-state index in [-0.39, 0.29) is 4.90 Å². The van der Waals surface area contributed by atoms with Gasteiger partial charge in [-0.25, -0.2) is 18.2 Å². The summed E-state index contributed by atoms with van der Waals surface area (Å²) in [4.78, 5) is 19.5. The van der Waals surface area contributed by atoms with Gasteiger partial charge in [-0.05, 0) is 65.2 Å². The first-order valence-corrected chi connectivity index (χ1v) is 13.0. The van der Waals surface area contributed by atoms with E-state index in [9.17, 15) is 13.2 Å². The van der Waals surface area contributed by atoms with E-state index in [0.717, 1.165) is 30.4 Å². The normalized spacial score (nSPS) is 17.2. The zero-order chi connectivity index (χ0) is 24.2. The lowest BCUT2D eigenvalue weighted by Gasteiger charge is -2.31. The van der Waals surface area contributed by atoms with Gasteiger partial charge in [0.05, 0.1) is 10.9 Å². The number of carbonyl (C=O) groups excluding carboxylic acids is 1. The lowest BCUT2D eigenvalue weighted by Crippen LogP contribution is -2.39. The van der Waals surface area contributed by atoms with Crippen molar-refractivity contribution in [2.24, 2.45) is 0 Å². The van der Waals surface area contributed by atoms with Crippen molar-refractivity contribution >= 4 is 21.9 Å². The summed E-state index contributed by atoms with van der Waals surface area (Å²) in [5.41, 5.74) is 1.09. The van der Waals surface area contributed by atoms with E-state index in [1.54, 1.807) is 33.6 Å². The molecule has 0 N–H and O–H groups in total. The van der Waals surface area contributed by atoms with Crippen LogP contribution in [0, 0.1) is 6.92 Å². The fourth-order valence-corrected chi connectivity index (χ4v) is 5.67. The number of nitrogens with zero attached hydrogens (tertiary/aromatic N) is 3. The Morgan fingerprint density at radius 1 is 1.21 bits per heavy atom. The molecule has 7 nitrogen and oxygen atoms in total. The zero-order valence-corrected chi connectivity index (χ0v) is 21.1. The molecule has 33 heavy (non-hydrogen) atoms. The van der Waals surface area contributed by atoms with Crippen molar-refractivity contribution < 1.29 is 17.9 Å². The van der Waals surface area contributed by atoms with E-state index >= 15 is 0 Å². The third-order valence-corrected chi connectivity index (χ3v) is 7.53. The van der Waals surface area contributed by atoms with Crippen molar-refractivity contribution in [1.29, 1.82) is 0 Å². The molecule has 1 aromatic heterocycles. The average Bonchev–Trinajstić information content (AvgIpc) is 3.24. The first kappa shape index (κ1) is 25.2. The molecular formula is C25H35N3O4S. The molecule has 2 heterocycles. The quantitative estimate of drug-likeness (QED) is 0.534. The molecule has 0 aliphatic carbocycles. The second-order valence-electron chi connectivity index (χ2n) is 9.49. The van der Waals surface area contributed by atoms with Crippen molar-refractivity contribution in [3.8, 4) is 0 Å². The number of aryl methyl sites for hydroxylation is 1. The summed E-state index contributed by atoms with van der Waals surface area (Å²) in [5.74, 6) is 0.469. The van der Waals surface area contributed by atoms with Crippen molar-refractivity contribution in [2.75, 3.05) is 18.0 Å². The number of unbranched alkanes of at least 4 members (excludes halogenated alkanes) is 1. The van der Waals surface area contributed by atoms with Gasteiger partial charge in [0.15, 0.2) is 0 Å². The maximum absolute atomic E-state index is 13.5. The summed E-state index contributed by atoms with van der Waals surface area (Å²) in [6.07, 6.45) is 4.26. The van der Waals surface area contributed by atoms with Crippen LogP contribution in [0.1, 0.15) is 70.5 Å². The van der Waals surface area contributed by atoms with Gasteiger partial charge in [-0.1, -0.05) is 37.1 Å². The first-order valence-electron chi connectivity index (χ1n) is 11.6. The van der Waals surface area contributed by atoms with Gasteiger partial charge in [-0.2, -0.15) is 4.31 Å². The molecule has 8 heteroatoms. The lowest BCUT2D eigenvalue weighted by atomic mass is 10.1. The Morgan fingerprint density at radius 3 is 2.55 bits per heavy atom. The number of ether oxygens (including phenoxy) is 1. The third-order valence-electron chi connectivity index (χ3n) is 5.61. The molecule has 180 valence electrons. The van der Waals surface area contributed by atoms with Crippen LogP contribution < -0.4 is 4.90 Å². The van der Waals surface area contributed by atoms with Gasteiger partial charge >= 0.3 is 6.09 Å². The van der Waals surface area contributed by atoms with Crippen molar-refractivity contribution in [2.45, 2.75) is 76.8 Å². The van der Waals surface area contributed by atoms with Crippen LogP contribution in [0.2, 0.25) is 0 Å². The summed E-state index contributed by atoms with van der Waals surface area (Å²) in [7, 11) is -3.69. The largest absolute Gasteiger partial charge is 0.443 e. The highest BCUT2D eigenvalue weighted by molar-refractivity contribution is 7.89. The number of aromatic nitrogens is 1. The van der Waals surface area contributed by atoms with Gasteiger partial charge in [-0.15, -0.1) is 0 Å². The lowest BCUT2D eigenvalue weighted by molar-refractivity contribution is 0.0578. The molecule has 0 saturated carbocycles. The predicted molar refractivity (Wildman–Crippen MR) is 130 cm³/mol. The van der Waals surface area contributed by atoms with E-state index in [2.05, 4.69) is 11.9 Å². The number of pyridine rings is 1.